The first-order valence-corrected chi connectivity index (χ1v) is 5.52. The second-order valence-corrected chi connectivity index (χ2v) is 3.96. The average Bonchev–Trinajstić information content (AvgIpc) is 2.60. The Bertz CT molecular complexity index is 450. The summed E-state index contributed by atoms with van der Waals surface area (Å²) in [6.07, 6.45) is 1.13. The zero-order valence-electron chi connectivity index (χ0n) is 8.68. The van der Waals surface area contributed by atoms with Crippen LogP contribution in [-0.2, 0) is 6.54 Å². The summed E-state index contributed by atoms with van der Waals surface area (Å²) < 4.78 is 0. The molecule has 0 atom stereocenters. The zero-order valence-corrected chi connectivity index (χ0v) is 9.43. The monoisotopic (exact) mass is 223 g/mol. The fraction of sp³-hybridized carbons (Fsp3) is 0.364. The quantitative estimate of drug-likeness (QED) is 0.783. The molecule has 0 bridgehead atoms. The molecule has 4 heteroatoms. The van der Waals surface area contributed by atoms with Crippen molar-refractivity contribution in [1.82, 2.24) is 15.3 Å². The van der Waals surface area contributed by atoms with E-state index in [4.69, 9.17) is 11.6 Å². The van der Waals surface area contributed by atoms with Gasteiger partial charge in [0.15, 0.2) is 0 Å². The third-order valence-corrected chi connectivity index (χ3v) is 2.45. The van der Waals surface area contributed by atoms with Gasteiger partial charge in [-0.1, -0.05) is 18.5 Å². The van der Waals surface area contributed by atoms with Crippen LogP contribution in [0, 0.1) is 0 Å². The highest BCUT2D eigenvalue weighted by atomic mass is 35.5. The smallest absolute Gasteiger partial charge is 0.121 e. The van der Waals surface area contributed by atoms with E-state index in [9.17, 15) is 0 Å². The van der Waals surface area contributed by atoms with Crippen molar-refractivity contribution in [3.05, 3.63) is 29.0 Å². The predicted molar refractivity (Wildman–Crippen MR) is 63.1 cm³/mol. The van der Waals surface area contributed by atoms with E-state index in [0.29, 0.717) is 0 Å². The van der Waals surface area contributed by atoms with Gasteiger partial charge in [0, 0.05) is 5.02 Å². The minimum atomic E-state index is 0.735. The lowest BCUT2D eigenvalue weighted by molar-refractivity contribution is 0.656. The fourth-order valence-electron chi connectivity index (χ4n) is 1.50. The van der Waals surface area contributed by atoms with Gasteiger partial charge in [0.25, 0.3) is 0 Å². The zero-order chi connectivity index (χ0) is 10.7. The number of aromatic nitrogens is 2. The molecule has 0 saturated heterocycles. The van der Waals surface area contributed by atoms with Crippen LogP contribution in [0.2, 0.25) is 5.02 Å². The molecule has 0 radical (unpaired) electrons. The predicted octanol–water partition coefficient (Wildman–Crippen LogP) is 2.72. The number of hydrogen-bond donors (Lipinski definition) is 2. The Hall–Kier alpha value is -1.06. The Morgan fingerprint density at radius 1 is 1.47 bits per heavy atom. The molecule has 1 aromatic heterocycles. The molecule has 2 rings (SSSR count). The maximum absolute atomic E-state index is 5.89. The molecule has 15 heavy (non-hydrogen) atoms. The van der Waals surface area contributed by atoms with Crippen molar-refractivity contribution in [1.29, 1.82) is 0 Å². The number of hydrogen-bond acceptors (Lipinski definition) is 2. The Balaban J connectivity index is 2.16. The summed E-state index contributed by atoms with van der Waals surface area (Å²) in [5.74, 6) is 0.959. The summed E-state index contributed by atoms with van der Waals surface area (Å²) in [6.45, 7) is 3.93. The first kappa shape index (κ1) is 10.5. The van der Waals surface area contributed by atoms with Gasteiger partial charge in [-0.2, -0.15) is 0 Å². The van der Waals surface area contributed by atoms with E-state index in [-0.39, 0.29) is 0 Å². The summed E-state index contributed by atoms with van der Waals surface area (Å²) in [4.78, 5) is 7.69. The number of fused-ring (bicyclic) bond motifs is 1. The van der Waals surface area contributed by atoms with E-state index < -0.39 is 0 Å². The van der Waals surface area contributed by atoms with Crippen LogP contribution in [0.1, 0.15) is 19.2 Å². The summed E-state index contributed by atoms with van der Waals surface area (Å²) in [7, 11) is 0. The van der Waals surface area contributed by atoms with E-state index in [1.54, 1.807) is 0 Å². The Kier molecular flexibility index (Phi) is 3.23. The number of halogens is 1. The molecule has 2 N–H and O–H groups in total. The number of rotatable bonds is 4. The third-order valence-electron chi connectivity index (χ3n) is 2.21. The summed E-state index contributed by atoms with van der Waals surface area (Å²) in [5, 5.41) is 4.04. The molecule has 0 saturated carbocycles. The van der Waals surface area contributed by atoms with Crippen LogP contribution in [0.4, 0.5) is 0 Å². The first-order chi connectivity index (χ1) is 7.29. The first-order valence-electron chi connectivity index (χ1n) is 5.14. The van der Waals surface area contributed by atoms with Crippen molar-refractivity contribution in [3.63, 3.8) is 0 Å². The molecule has 80 valence electrons. The van der Waals surface area contributed by atoms with Gasteiger partial charge in [-0.05, 0) is 31.2 Å². The molecule has 0 aliphatic rings. The van der Waals surface area contributed by atoms with Crippen LogP contribution in [0.15, 0.2) is 18.2 Å². The molecule has 2 aromatic rings. The molecule has 0 aliphatic carbocycles. The minimum Gasteiger partial charge on any atom is -0.341 e. The number of aromatic amines is 1. The number of nitrogens with one attached hydrogen (secondary N) is 2. The maximum Gasteiger partial charge on any atom is 0.121 e. The van der Waals surface area contributed by atoms with Gasteiger partial charge < -0.3 is 10.3 Å². The highest BCUT2D eigenvalue weighted by Crippen LogP contribution is 2.16. The van der Waals surface area contributed by atoms with Gasteiger partial charge in [-0.3, -0.25) is 0 Å². The Morgan fingerprint density at radius 2 is 2.33 bits per heavy atom. The molecule has 0 amide bonds. The summed E-state index contributed by atoms with van der Waals surface area (Å²) >= 11 is 5.89. The second-order valence-electron chi connectivity index (χ2n) is 3.52. The van der Waals surface area contributed by atoms with Crippen LogP contribution < -0.4 is 5.32 Å². The van der Waals surface area contributed by atoms with Gasteiger partial charge >= 0.3 is 0 Å². The maximum atomic E-state index is 5.89. The van der Waals surface area contributed by atoms with E-state index >= 15 is 0 Å². The van der Waals surface area contributed by atoms with Gasteiger partial charge in [0.2, 0.25) is 0 Å². The summed E-state index contributed by atoms with van der Waals surface area (Å²) in [6, 6.07) is 5.68. The molecule has 3 nitrogen and oxygen atoms in total. The largest absolute Gasteiger partial charge is 0.341 e. The van der Waals surface area contributed by atoms with Crippen LogP contribution in [0.3, 0.4) is 0 Å². The summed E-state index contributed by atoms with van der Waals surface area (Å²) in [5.41, 5.74) is 1.96. The molecule has 1 heterocycles. The standard InChI is InChI=1S/C11H14ClN3/c1-2-5-13-7-11-14-9-4-3-8(12)6-10(9)15-11/h3-4,6,13H,2,5,7H2,1H3,(H,14,15). The average molecular weight is 224 g/mol. The number of imidazole rings is 1. The third kappa shape index (κ3) is 2.49. The second kappa shape index (κ2) is 4.64. The van der Waals surface area contributed by atoms with Crippen molar-refractivity contribution in [2.75, 3.05) is 6.54 Å². The van der Waals surface area contributed by atoms with Crippen molar-refractivity contribution >= 4 is 22.6 Å². The van der Waals surface area contributed by atoms with Crippen molar-refractivity contribution in [2.24, 2.45) is 0 Å². The molecule has 0 aliphatic heterocycles. The number of H-pyrrole nitrogens is 1. The van der Waals surface area contributed by atoms with Crippen molar-refractivity contribution in [2.45, 2.75) is 19.9 Å². The SMILES string of the molecule is CCCNCc1nc2ccc(Cl)cc2[nH]1. The molecular formula is C11H14ClN3. The lowest BCUT2D eigenvalue weighted by Gasteiger charge is -1.97. The van der Waals surface area contributed by atoms with Gasteiger partial charge in [-0.25, -0.2) is 4.98 Å². The van der Waals surface area contributed by atoms with Crippen molar-refractivity contribution < 1.29 is 0 Å². The Morgan fingerprint density at radius 3 is 3.13 bits per heavy atom. The normalized spacial score (nSPS) is 11.1. The minimum absolute atomic E-state index is 0.735. The number of benzene rings is 1. The van der Waals surface area contributed by atoms with E-state index in [1.807, 2.05) is 18.2 Å². The molecular weight excluding hydrogens is 210 g/mol. The van der Waals surface area contributed by atoms with E-state index in [1.165, 1.54) is 0 Å². The lowest BCUT2D eigenvalue weighted by atomic mass is 10.3. The van der Waals surface area contributed by atoms with Gasteiger partial charge in [0.05, 0.1) is 17.6 Å². The van der Waals surface area contributed by atoms with Gasteiger partial charge in [-0.15, -0.1) is 0 Å². The Labute approximate surface area is 93.9 Å². The fourth-order valence-corrected chi connectivity index (χ4v) is 1.67. The van der Waals surface area contributed by atoms with Crippen LogP contribution >= 0.6 is 11.6 Å². The van der Waals surface area contributed by atoms with Crippen LogP contribution in [-0.4, -0.2) is 16.5 Å². The van der Waals surface area contributed by atoms with E-state index in [0.717, 1.165) is 41.4 Å². The van der Waals surface area contributed by atoms with Crippen molar-refractivity contribution in [3.8, 4) is 0 Å². The van der Waals surface area contributed by atoms with E-state index in [2.05, 4.69) is 22.2 Å². The molecule has 1 aromatic carbocycles. The molecule has 0 fully saturated rings. The van der Waals surface area contributed by atoms with Crippen LogP contribution in [0.25, 0.3) is 11.0 Å². The molecule has 0 spiro atoms. The van der Waals surface area contributed by atoms with Crippen LogP contribution in [0.5, 0.6) is 0 Å². The topological polar surface area (TPSA) is 40.7 Å². The highest BCUT2D eigenvalue weighted by Gasteiger charge is 2.02. The highest BCUT2D eigenvalue weighted by molar-refractivity contribution is 6.31. The molecule has 0 unspecified atom stereocenters. The van der Waals surface area contributed by atoms with Gasteiger partial charge in [0.1, 0.15) is 5.82 Å². The number of nitrogens with zero attached hydrogens (tertiary/aromatic N) is 1. The lowest BCUT2D eigenvalue weighted by Crippen LogP contribution is -2.14.